The van der Waals surface area contributed by atoms with Gasteiger partial charge in [-0.2, -0.15) is 0 Å². The standard InChI is InChI=1S/C15H25N3O/c1-12-13(5-9-19-12)10-17(2)15(11-16)6-8-18-7-3-4-14(15)18/h5,9,14H,3-4,6-8,10-11,16H2,1-2H3. The van der Waals surface area contributed by atoms with Crippen molar-refractivity contribution in [2.75, 3.05) is 26.7 Å². The second-order valence-electron chi connectivity index (χ2n) is 6.11. The number of aryl methyl sites for hydroxylation is 1. The molecular formula is C15H25N3O. The SMILES string of the molecule is Cc1occc1CN(C)C1(CN)CCN2CCCC21. The first-order valence-electron chi connectivity index (χ1n) is 7.36. The fraction of sp³-hybridized carbons (Fsp3) is 0.733. The van der Waals surface area contributed by atoms with Gasteiger partial charge in [-0.1, -0.05) is 0 Å². The molecule has 2 fully saturated rings. The molecule has 0 radical (unpaired) electrons. The summed E-state index contributed by atoms with van der Waals surface area (Å²) in [6, 6.07) is 2.73. The van der Waals surface area contributed by atoms with Crippen LogP contribution in [0.2, 0.25) is 0 Å². The zero-order valence-electron chi connectivity index (χ0n) is 12.1. The molecule has 3 heterocycles. The molecule has 2 N–H and O–H groups in total. The minimum absolute atomic E-state index is 0.153. The van der Waals surface area contributed by atoms with Gasteiger partial charge >= 0.3 is 0 Å². The number of hydrogen-bond acceptors (Lipinski definition) is 4. The van der Waals surface area contributed by atoms with Gasteiger partial charge in [0.25, 0.3) is 0 Å². The van der Waals surface area contributed by atoms with E-state index in [4.69, 9.17) is 10.2 Å². The van der Waals surface area contributed by atoms with Crippen molar-refractivity contribution in [2.24, 2.45) is 5.73 Å². The molecule has 2 unspecified atom stereocenters. The van der Waals surface area contributed by atoms with Gasteiger partial charge in [0.2, 0.25) is 0 Å². The van der Waals surface area contributed by atoms with Crippen molar-refractivity contribution < 1.29 is 4.42 Å². The number of likely N-dealkylation sites (N-methyl/N-ethyl adjacent to an activating group) is 1. The summed E-state index contributed by atoms with van der Waals surface area (Å²) in [5, 5.41) is 0. The highest BCUT2D eigenvalue weighted by molar-refractivity contribution is 5.17. The van der Waals surface area contributed by atoms with Crippen molar-refractivity contribution in [1.29, 1.82) is 0 Å². The van der Waals surface area contributed by atoms with Gasteiger partial charge in [-0.05, 0) is 45.8 Å². The van der Waals surface area contributed by atoms with Crippen LogP contribution < -0.4 is 5.73 Å². The van der Waals surface area contributed by atoms with Crippen LogP contribution in [0.5, 0.6) is 0 Å². The van der Waals surface area contributed by atoms with E-state index in [0.29, 0.717) is 6.04 Å². The fourth-order valence-corrected chi connectivity index (χ4v) is 4.03. The number of nitrogens with zero attached hydrogens (tertiary/aromatic N) is 2. The van der Waals surface area contributed by atoms with Crippen molar-refractivity contribution in [3.63, 3.8) is 0 Å². The van der Waals surface area contributed by atoms with Crippen molar-refractivity contribution >= 4 is 0 Å². The summed E-state index contributed by atoms with van der Waals surface area (Å²) in [7, 11) is 2.22. The molecule has 2 atom stereocenters. The first-order chi connectivity index (χ1) is 9.17. The summed E-state index contributed by atoms with van der Waals surface area (Å²) < 4.78 is 5.41. The second kappa shape index (κ2) is 4.93. The predicted molar refractivity (Wildman–Crippen MR) is 75.9 cm³/mol. The van der Waals surface area contributed by atoms with Crippen LogP contribution >= 0.6 is 0 Å². The number of nitrogens with two attached hydrogens (primary N) is 1. The Bertz CT molecular complexity index is 444. The summed E-state index contributed by atoms with van der Waals surface area (Å²) in [5.41, 5.74) is 7.64. The van der Waals surface area contributed by atoms with E-state index in [2.05, 4.69) is 22.9 Å². The minimum atomic E-state index is 0.153. The molecule has 3 rings (SSSR count). The highest BCUT2D eigenvalue weighted by Crippen LogP contribution is 2.39. The Morgan fingerprint density at radius 3 is 3.05 bits per heavy atom. The maximum Gasteiger partial charge on any atom is 0.105 e. The number of fused-ring (bicyclic) bond motifs is 1. The Balaban J connectivity index is 1.80. The molecule has 0 aliphatic carbocycles. The molecule has 2 aliphatic heterocycles. The maximum absolute atomic E-state index is 6.20. The van der Waals surface area contributed by atoms with Crippen molar-refractivity contribution in [3.8, 4) is 0 Å². The van der Waals surface area contributed by atoms with Gasteiger partial charge in [0.15, 0.2) is 0 Å². The predicted octanol–water partition coefficient (Wildman–Crippen LogP) is 1.59. The molecule has 0 bridgehead atoms. The van der Waals surface area contributed by atoms with Crippen LogP contribution in [0, 0.1) is 6.92 Å². The lowest BCUT2D eigenvalue weighted by molar-refractivity contribution is 0.0837. The zero-order valence-corrected chi connectivity index (χ0v) is 12.1. The Kier molecular flexibility index (Phi) is 3.41. The molecule has 106 valence electrons. The molecular weight excluding hydrogens is 238 g/mol. The summed E-state index contributed by atoms with van der Waals surface area (Å²) in [5.74, 6) is 1.03. The summed E-state index contributed by atoms with van der Waals surface area (Å²) in [4.78, 5) is 5.10. The van der Waals surface area contributed by atoms with Crippen molar-refractivity contribution in [3.05, 3.63) is 23.7 Å². The molecule has 2 aliphatic rings. The van der Waals surface area contributed by atoms with Crippen LogP contribution in [-0.2, 0) is 6.54 Å². The van der Waals surface area contributed by atoms with Crippen LogP contribution in [0.25, 0.3) is 0 Å². The van der Waals surface area contributed by atoms with Crippen LogP contribution in [0.15, 0.2) is 16.7 Å². The van der Waals surface area contributed by atoms with E-state index in [9.17, 15) is 0 Å². The topological polar surface area (TPSA) is 45.6 Å². The van der Waals surface area contributed by atoms with E-state index in [1.807, 2.05) is 6.92 Å². The van der Waals surface area contributed by atoms with E-state index < -0.39 is 0 Å². The summed E-state index contributed by atoms with van der Waals surface area (Å²) >= 11 is 0. The first kappa shape index (κ1) is 13.2. The van der Waals surface area contributed by atoms with Gasteiger partial charge in [0, 0.05) is 36.8 Å². The third-order valence-corrected chi connectivity index (χ3v) is 5.30. The van der Waals surface area contributed by atoms with Crippen molar-refractivity contribution in [1.82, 2.24) is 9.80 Å². The molecule has 4 nitrogen and oxygen atoms in total. The lowest BCUT2D eigenvalue weighted by Gasteiger charge is -2.42. The second-order valence-corrected chi connectivity index (χ2v) is 6.11. The molecule has 19 heavy (non-hydrogen) atoms. The Labute approximate surface area is 115 Å². The molecule has 4 heteroatoms. The molecule has 0 spiro atoms. The third-order valence-electron chi connectivity index (χ3n) is 5.30. The van der Waals surface area contributed by atoms with Gasteiger partial charge < -0.3 is 10.2 Å². The van der Waals surface area contributed by atoms with E-state index in [-0.39, 0.29) is 5.54 Å². The normalized spacial score (nSPS) is 31.3. The van der Waals surface area contributed by atoms with Crippen LogP contribution in [0.1, 0.15) is 30.6 Å². The monoisotopic (exact) mass is 263 g/mol. The smallest absolute Gasteiger partial charge is 0.105 e. The lowest BCUT2D eigenvalue weighted by Crippen LogP contribution is -2.58. The quantitative estimate of drug-likeness (QED) is 0.896. The molecule has 0 saturated carbocycles. The van der Waals surface area contributed by atoms with E-state index >= 15 is 0 Å². The lowest BCUT2D eigenvalue weighted by atomic mass is 9.86. The van der Waals surface area contributed by atoms with E-state index in [1.165, 1.54) is 37.9 Å². The zero-order chi connectivity index (χ0) is 13.5. The molecule has 1 aromatic heterocycles. The van der Waals surface area contributed by atoms with Crippen LogP contribution in [-0.4, -0.2) is 48.1 Å². The Morgan fingerprint density at radius 1 is 1.53 bits per heavy atom. The van der Waals surface area contributed by atoms with Gasteiger partial charge in [-0.25, -0.2) is 0 Å². The van der Waals surface area contributed by atoms with Gasteiger partial charge in [0.1, 0.15) is 5.76 Å². The largest absolute Gasteiger partial charge is 0.469 e. The van der Waals surface area contributed by atoms with E-state index in [0.717, 1.165) is 18.8 Å². The maximum atomic E-state index is 6.20. The molecule has 0 aromatic carbocycles. The minimum Gasteiger partial charge on any atom is -0.469 e. The highest BCUT2D eigenvalue weighted by atomic mass is 16.3. The van der Waals surface area contributed by atoms with Crippen LogP contribution in [0.4, 0.5) is 0 Å². The number of hydrogen-bond donors (Lipinski definition) is 1. The summed E-state index contributed by atoms with van der Waals surface area (Å²) in [6.45, 7) is 6.18. The van der Waals surface area contributed by atoms with Gasteiger partial charge in [-0.3, -0.25) is 9.80 Å². The summed E-state index contributed by atoms with van der Waals surface area (Å²) in [6.07, 6.45) is 5.60. The average molecular weight is 263 g/mol. The van der Waals surface area contributed by atoms with Crippen molar-refractivity contribution in [2.45, 2.75) is 44.3 Å². The molecule has 1 aromatic rings. The molecule has 0 amide bonds. The molecule has 2 saturated heterocycles. The Hall–Kier alpha value is -0.840. The Morgan fingerprint density at radius 2 is 2.37 bits per heavy atom. The third kappa shape index (κ3) is 2.02. The first-order valence-corrected chi connectivity index (χ1v) is 7.36. The van der Waals surface area contributed by atoms with Gasteiger partial charge in [-0.15, -0.1) is 0 Å². The van der Waals surface area contributed by atoms with E-state index in [1.54, 1.807) is 6.26 Å². The fourth-order valence-electron chi connectivity index (χ4n) is 4.03. The highest BCUT2D eigenvalue weighted by Gasteiger charge is 2.50. The number of furan rings is 1. The van der Waals surface area contributed by atoms with Gasteiger partial charge in [0.05, 0.1) is 6.26 Å². The van der Waals surface area contributed by atoms with Crippen LogP contribution in [0.3, 0.4) is 0 Å². The number of rotatable bonds is 4. The average Bonchev–Trinajstić information content (AvgIpc) is 3.07.